The largest absolute Gasteiger partial charge is 0.429 e. The molecule has 121 valence electrons. The Hall–Kier alpha value is -1.09. The number of hydrogen-bond donors (Lipinski definition) is 0. The summed E-state index contributed by atoms with van der Waals surface area (Å²) in [6, 6.07) is 6.14. The zero-order chi connectivity index (χ0) is 16.8. The van der Waals surface area contributed by atoms with Crippen LogP contribution in [0.25, 0.3) is 0 Å². The maximum atomic E-state index is 11.9. The van der Waals surface area contributed by atoms with Crippen molar-refractivity contribution in [3.05, 3.63) is 29.3 Å². The summed E-state index contributed by atoms with van der Waals surface area (Å²) in [5.41, 5.74) is 2.63. The molecule has 1 radical (unpaired) electrons. The molecule has 1 rings (SSSR count). The summed E-state index contributed by atoms with van der Waals surface area (Å²) < 4.78 is 5.93. The maximum Gasteiger partial charge on any atom is 0.331 e. The van der Waals surface area contributed by atoms with Gasteiger partial charge in [0.1, 0.15) is 0 Å². The molecule has 0 aromatic heterocycles. The van der Waals surface area contributed by atoms with E-state index in [9.17, 15) is 4.79 Å². The van der Waals surface area contributed by atoms with E-state index in [0.29, 0.717) is 5.92 Å². The minimum absolute atomic E-state index is 0.0922. The molecule has 0 unspecified atom stereocenters. The van der Waals surface area contributed by atoms with Crippen LogP contribution in [0.4, 0.5) is 0 Å². The molecule has 1 aromatic rings. The molecule has 0 fully saturated rings. The fraction of sp³-hybridized carbons (Fsp3) is 0.632. The molecule has 1 aromatic carbocycles. The molecule has 3 heteroatoms. The van der Waals surface area contributed by atoms with Crippen LogP contribution in [-0.2, 0) is 11.1 Å². The Morgan fingerprint density at radius 3 is 2.50 bits per heavy atom. The summed E-state index contributed by atoms with van der Waals surface area (Å²) in [4.78, 5) is 11.9. The molecule has 0 heterocycles. The highest BCUT2D eigenvalue weighted by molar-refractivity contribution is 6.49. The van der Waals surface area contributed by atoms with Crippen LogP contribution in [0.5, 0.6) is 0 Å². The smallest absolute Gasteiger partial charge is 0.331 e. The number of unbranched alkanes of at least 4 members (excludes halogenated alkanes) is 2. The van der Waals surface area contributed by atoms with Crippen molar-refractivity contribution in [2.75, 3.05) is 0 Å². The van der Waals surface area contributed by atoms with E-state index in [2.05, 4.69) is 40.7 Å². The summed E-state index contributed by atoms with van der Waals surface area (Å²) in [7, 11) is 1.74. The van der Waals surface area contributed by atoms with Gasteiger partial charge in [0.2, 0.25) is 0 Å². The first-order valence-corrected chi connectivity index (χ1v) is 8.42. The van der Waals surface area contributed by atoms with E-state index in [1.165, 1.54) is 24.8 Å². The minimum Gasteiger partial charge on any atom is -0.429 e. The number of ketones is 1. The molecule has 2 nitrogen and oxygen atoms in total. The summed E-state index contributed by atoms with van der Waals surface area (Å²) in [5.74, 6) is 0.493. The third kappa shape index (κ3) is 5.60. The summed E-state index contributed by atoms with van der Waals surface area (Å²) in [5, 5.41) is 0. The molecule has 0 saturated heterocycles. The Bertz CT molecular complexity index is 492. The first kappa shape index (κ1) is 19.0. The second-order valence-corrected chi connectivity index (χ2v) is 6.93. The lowest BCUT2D eigenvalue weighted by atomic mass is 9.79. The minimum atomic E-state index is -0.242. The van der Waals surface area contributed by atoms with Crippen LogP contribution in [0.3, 0.4) is 0 Å². The molecule has 0 spiro atoms. The Kier molecular flexibility index (Phi) is 7.35. The van der Waals surface area contributed by atoms with Gasteiger partial charge >= 0.3 is 7.48 Å². The molecular formula is C19H30BO2. The van der Waals surface area contributed by atoms with Gasteiger partial charge in [-0.15, -0.1) is 0 Å². The van der Waals surface area contributed by atoms with E-state index in [0.717, 1.165) is 17.4 Å². The first-order valence-electron chi connectivity index (χ1n) is 8.42. The fourth-order valence-corrected chi connectivity index (χ4v) is 2.10. The van der Waals surface area contributed by atoms with Gasteiger partial charge in [-0.1, -0.05) is 45.7 Å². The van der Waals surface area contributed by atoms with Crippen LogP contribution >= 0.6 is 0 Å². The monoisotopic (exact) mass is 301 g/mol. The highest BCUT2D eigenvalue weighted by atomic mass is 16.5. The number of hydrogen-bond acceptors (Lipinski definition) is 2. The molecular weight excluding hydrogens is 271 g/mol. The van der Waals surface area contributed by atoms with E-state index in [-0.39, 0.29) is 11.4 Å². The first-order chi connectivity index (χ1) is 10.3. The quantitative estimate of drug-likeness (QED) is 0.386. The van der Waals surface area contributed by atoms with Crippen molar-refractivity contribution in [1.82, 2.24) is 0 Å². The lowest BCUT2D eigenvalue weighted by Gasteiger charge is -2.30. The summed E-state index contributed by atoms with van der Waals surface area (Å²) in [6.45, 7) is 12.2. The van der Waals surface area contributed by atoms with Crippen molar-refractivity contribution in [2.45, 2.75) is 72.8 Å². The lowest BCUT2D eigenvalue weighted by Crippen LogP contribution is -2.37. The number of aryl methyl sites for hydroxylation is 1. The number of Topliss-reactive ketones (excluding diaryl/α,β-unsaturated/α-hetero) is 1. The van der Waals surface area contributed by atoms with Crippen LogP contribution in [0.15, 0.2) is 18.2 Å². The second-order valence-electron chi connectivity index (χ2n) is 6.93. The molecule has 0 atom stereocenters. The SMILES string of the molecule is CCCCCc1ccc([B]OC(C)(C)C(C)C)c(C(C)=O)c1. The number of benzene rings is 1. The van der Waals surface area contributed by atoms with Gasteiger partial charge in [0.15, 0.2) is 5.78 Å². The van der Waals surface area contributed by atoms with Crippen LogP contribution in [0.1, 0.15) is 76.7 Å². The molecule has 0 saturated carbocycles. The van der Waals surface area contributed by atoms with Gasteiger partial charge in [0.25, 0.3) is 0 Å². The van der Waals surface area contributed by atoms with Crippen molar-refractivity contribution in [1.29, 1.82) is 0 Å². The topological polar surface area (TPSA) is 26.3 Å². The molecule has 0 aliphatic carbocycles. The van der Waals surface area contributed by atoms with Crippen molar-refractivity contribution < 1.29 is 9.45 Å². The molecule has 22 heavy (non-hydrogen) atoms. The standard InChI is InChI=1S/C19H30BO2/c1-7-8-9-10-16-11-12-18(17(13-16)15(4)21)20-22-19(5,6)14(2)3/h11-14H,7-10H2,1-6H3. The van der Waals surface area contributed by atoms with Gasteiger partial charge in [0, 0.05) is 11.2 Å². The van der Waals surface area contributed by atoms with Crippen LogP contribution in [0.2, 0.25) is 0 Å². The summed E-state index contributed by atoms with van der Waals surface area (Å²) in [6.07, 6.45) is 4.65. The van der Waals surface area contributed by atoms with Gasteiger partial charge in [-0.25, -0.2) is 0 Å². The lowest BCUT2D eigenvalue weighted by molar-refractivity contribution is 0.0667. The third-order valence-corrected chi connectivity index (χ3v) is 4.45. The van der Waals surface area contributed by atoms with E-state index in [1.807, 2.05) is 12.1 Å². The molecule has 0 N–H and O–H groups in total. The van der Waals surface area contributed by atoms with Gasteiger partial charge in [-0.05, 0) is 56.6 Å². The average molecular weight is 301 g/mol. The Morgan fingerprint density at radius 1 is 1.27 bits per heavy atom. The predicted octanol–water partition coefficient (Wildman–Crippen LogP) is 4.32. The van der Waals surface area contributed by atoms with Gasteiger partial charge < -0.3 is 4.65 Å². The van der Waals surface area contributed by atoms with Gasteiger partial charge in [-0.2, -0.15) is 0 Å². The number of carbonyl (C=O) groups excluding carboxylic acids is 1. The zero-order valence-corrected chi connectivity index (χ0v) is 15.0. The van der Waals surface area contributed by atoms with Crippen LogP contribution in [0, 0.1) is 5.92 Å². The fourth-order valence-electron chi connectivity index (χ4n) is 2.10. The average Bonchev–Trinajstić information content (AvgIpc) is 2.45. The molecule has 0 amide bonds. The van der Waals surface area contributed by atoms with Crippen molar-refractivity contribution in [3.8, 4) is 0 Å². The van der Waals surface area contributed by atoms with E-state index in [4.69, 9.17) is 4.65 Å². The number of carbonyl (C=O) groups is 1. The third-order valence-electron chi connectivity index (χ3n) is 4.45. The molecule has 0 aliphatic rings. The second kappa shape index (κ2) is 8.52. The highest BCUT2D eigenvalue weighted by Gasteiger charge is 2.24. The van der Waals surface area contributed by atoms with E-state index in [1.54, 1.807) is 14.4 Å². The normalized spacial score (nSPS) is 11.8. The Morgan fingerprint density at radius 2 is 1.95 bits per heavy atom. The van der Waals surface area contributed by atoms with Crippen LogP contribution in [-0.4, -0.2) is 18.9 Å². The Labute approximate surface area is 136 Å². The van der Waals surface area contributed by atoms with Crippen molar-refractivity contribution in [3.63, 3.8) is 0 Å². The van der Waals surface area contributed by atoms with Gasteiger partial charge in [0.05, 0.1) is 0 Å². The zero-order valence-electron chi connectivity index (χ0n) is 15.0. The summed E-state index contributed by atoms with van der Waals surface area (Å²) >= 11 is 0. The van der Waals surface area contributed by atoms with Crippen molar-refractivity contribution in [2.24, 2.45) is 5.92 Å². The van der Waals surface area contributed by atoms with Crippen LogP contribution < -0.4 is 5.46 Å². The van der Waals surface area contributed by atoms with E-state index >= 15 is 0 Å². The highest BCUT2D eigenvalue weighted by Crippen LogP contribution is 2.19. The van der Waals surface area contributed by atoms with E-state index < -0.39 is 0 Å². The predicted molar refractivity (Wildman–Crippen MR) is 95.1 cm³/mol. The molecule has 0 aliphatic heterocycles. The molecule has 0 bridgehead atoms. The van der Waals surface area contributed by atoms with Gasteiger partial charge in [-0.3, -0.25) is 4.79 Å². The Balaban J connectivity index is 2.84. The maximum absolute atomic E-state index is 11.9. The van der Waals surface area contributed by atoms with Crippen molar-refractivity contribution >= 4 is 18.7 Å². The number of rotatable bonds is 9.